The van der Waals surface area contributed by atoms with E-state index in [0.717, 1.165) is 0 Å². The van der Waals surface area contributed by atoms with E-state index < -0.39 is 0 Å². The van der Waals surface area contributed by atoms with E-state index in [0.29, 0.717) is 11.4 Å². The van der Waals surface area contributed by atoms with Gasteiger partial charge >= 0.3 is 0 Å². The molecule has 19 heavy (non-hydrogen) atoms. The summed E-state index contributed by atoms with van der Waals surface area (Å²) in [5, 5.41) is 2.89. The summed E-state index contributed by atoms with van der Waals surface area (Å²) in [7, 11) is 4.91. The van der Waals surface area contributed by atoms with Crippen molar-refractivity contribution in [1.82, 2.24) is 4.90 Å². The maximum absolute atomic E-state index is 11.3. The topological polar surface area (TPSA) is 80.0 Å². The van der Waals surface area contributed by atoms with Crippen molar-refractivity contribution in [2.75, 3.05) is 33.1 Å². The van der Waals surface area contributed by atoms with E-state index in [2.05, 4.69) is 10.3 Å². The van der Waals surface area contributed by atoms with Crippen LogP contribution in [0.25, 0.3) is 0 Å². The second-order valence-electron chi connectivity index (χ2n) is 3.81. The van der Waals surface area contributed by atoms with Gasteiger partial charge in [0.05, 0.1) is 12.8 Å². The van der Waals surface area contributed by atoms with Gasteiger partial charge in [-0.05, 0) is 12.1 Å². The van der Waals surface area contributed by atoms with Crippen molar-refractivity contribution in [3.8, 4) is 5.75 Å². The van der Waals surface area contributed by atoms with Crippen LogP contribution in [0.15, 0.2) is 29.3 Å². The largest absolute Gasteiger partial charge is 0.495 e. The van der Waals surface area contributed by atoms with Crippen molar-refractivity contribution < 1.29 is 9.53 Å². The molecule has 1 aromatic rings. The lowest BCUT2D eigenvalue weighted by molar-refractivity contribution is -0.127. The van der Waals surface area contributed by atoms with Crippen molar-refractivity contribution in [3.05, 3.63) is 24.3 Å². The van der Waals surface area contributed by atoms with E-state index in [9.17, 15) is 4.79 Å². The van der Waals surface area contributed by atoms with Crippen molar-refractivity contribution in [1.29, 1.82) is 0 Å². The molecule has 1 amide bonds. The second-order valence-corrected chi connectivity index (χ2v) is 3.81. The van der Waals surface area contributed by atoms with Crippen LogP contribution in [0.5, 0.6) is 5.75 Å². The normalized spacial score (nSPS) is 10.4. The quantitative estimate of drug-likeness (QED) is 0.468. The number of nitrogens with two attached hydrogens (primary N) is 1. The standard InChI is InChI=1S/C12H18N4O2.HI/c1-16(2)11(17)8-14-12(13)15-9-6-4-5-7-10(9)18-3;/h4-7H,8H2,1-3H3,(H3,13,14,15);1H. The van der Waals surface area contributed by atoms with Crippen LogP contribution in [0.2, 0.25) is 0 Å². The molecule has 0 atom stereocenters. The minimum atomic E-state index is -0.111. The fraction of sp³-hybridized carbons (Fsp3) is 0.333. The molecule has 0 aliphatic carbocycles. The summed E-state index contributed by atoms with van der Waals surface area (Å²) in [5.74, 6) is 0.726. The number of halogens is 1. The monoisotopic (exact) mass is 378 g/mol. The van der Waals surface area contributed by atoms with Gasteiger partial charge in [0.1, 0.15) is 12.3 Å². The van der Waals surface area contributed by atoms with Gasteiger partial charge in [0.15, 0.2) is 5.96 Å². The van der Waals surface area contributed by atoms with Crippen LogP contribution in [0.4, 0.5) is 5.69 Å². The molecule has 0 bridgehead atoms. The Morgan fingerprint density at radius 1 is 1.42 bits per heavy atom. The van der Waals surface area contributed by atoms with Crippen LogP contribution < -0.4 is 15.8 Å². The highest BCUT2D eigenvalue weighted by Crippen LogP contribution is 2.22. The van der Waals surface area contributed by atoms with Crippen molar-refractivity contribution >= 4 is 41.5 Å². The molecule has 0 saturated carbocycles. The highest BCUT2D eigenvalue weighted by molar-refractivity contribution is 14.0. The van der Waals surface area contributed by atoms with E-state index in [1.165, 1.54) is 4.90 Å². The fourth-order valence-corrected chi connectivity index (χ4v) is 1.22. The van der Waals surface area contributed by atoms with Crippen LogP contribution in [0, 0.1) is 0 Å². The number of anilines is 1. The molecular formula is C12H19IN4O2. The minimum absolute atomic E-state index is 0. The molecule has 0 aromatic heterocycles. The summed E-state index contributed by atoms with van der Waals surface area (Å²) in [4.78, 5) is 16.7. The number of ether oxygens (including phenoxy) is 1. The number of carbonyl (C=O) groups is 1. The number of guanidine groups is 1. The van der Waals surface area contributed by atoms with Crippen molar-refractivity contribution in [2.24, 2.45) is 10.7 Å². The highest BCUT2D eigenvalue weighted by Gasteiger charge is 2.04. The molecule has 0 fully saturated rings. The molecular weight excluding hydrogens is 359 g/mol. The first kappa shape index (κ1) is 17.5. The molecule has 3 N–H and O–H groups in total. The average Bonchev–Trinajstić information content (AvgIpc) is 2.36. The molecule has 1 aromatic carbocycles. The summed E-state index contributed by atoms with van der Waals surface area (Å²) >= 11 is 0. The third-order valence-electron chi connectivity index (χ3n) is 2.25. The van der Waals surface area contributed by atoms with Crippen LogP contribution >= 0.6 is 24.0 Å². The number of rotatable bonds is 4. The molecule has 0 spiro atoms. The van der Waals surface area contributed by atoms with Crippen LogP contribution in [-0.4, -0.2) is 44.5 Å². The van der Waals surface area contributed by atoms with E-state index >= 15 is 0 Å². The van der Waals surface area contributed by atoms with Crippen LogP contribution in [0.1, 0.15) is 0 Å². The van der Waals surface area contributed by atoms with Crippen molar-refractivity contribution in [2.45, 2.75) is 0 Å². The lowest BCUT2D eigenvalue weighted by atomic mass is 10.3. The number of nitrogens with zero attached hydrogens (tertiary/aromatic N) is 2. The first-order chi connectivity index (χ1) is 8.54. The Labute approximate surface area is 130 Å². The zero-order chi connectivity index (χ0) is 13.5. The summed E-state index contributed by atoms with van der Waals surface area (Å²) in [5.41, 5.74) is 6.40. The third-order valence-corrected chi connectivity index (χ3v) is 2.25. The van der Waals surface area contributed by atoms with Gasteiger partial charge in [0, 0.05) is 14.1 Å². The fourth-order valence-electron chi connectivity index (χ4n) is 1.22. The van der Waals surface area contributed by atoms with Gasteiger partial charge in [-0.15, -0.1) is 24.0 Å². The highest BCUT2D eigenvalue weighted by atomic mass is 127. The molecule has 0 unspecified atom stereocenters. The van der Waals surface area contributed by atoms with Gasteiger partial charge in [0.2, 0.25) is 5.91 Å². The maximum Gasteiger partial charge on any atom is 0.243 e. The van der Waals surface area contributed by atoms with Crippen LogP contribution in [0.3, 0.4) is 0 Å². The number of carbonyl (C=O) groups excluding carboxylic acids is 1. The van der Waals surface area contributed by atoms with E-state index in [4.69, 9.17) is 10.5 Å². The molecule has 106 valence electrons. The minimum Gasteiger partial charge on any atom is -0.495 e. The van der Waals surface area contributed by atoms with Gasteiger partial charge in [-0.2, -0.15) is 0 Å². The van der Waals surface area contributed by atoms with Gasteiger partial charge in [0.25, 0.3) is 0 Å². The van der Waals surface area contributed by atoms with E-state index in [1.807, 2.05) is 18.2 Å². The lowest BCUT2D eigenvalue weighted by Crippen LogP contribution is -2.28. The SMILES string of the molecule is COc1ccccc1NC(N)=NCC(=O)N(C)C.I. The van der Waals surface area contributed by atoms with Gasteiger partial charge in [-0.3, -0.25) is 4.79 Å². The smallest absolute Gasteiger partial charge is 0.243 e. The Bertz CT molecular complexity index is 449. The predicted octanol–water partition coefficient (Wildman–Crippen LogP) is 1.13. The molecule has 6 nitrogen and oxygen atoms in total. The van der Waals surface area contributed by atoms with E-state index in [1.54, 1.807) is 27.3 Å². The Kier molecular flexibility index (Phi) is 7.89. The number of hydrogen-bond donors (Lipinski definition) is 2. The zero-order valence-electron chi connectivity index (χ0n) is 11.2. The number of nitrogens with one attached hydrogen (secondary N) is 1. The summed E-state index contributed by atoms with van der Waals surface area (Å²) in [6, 6.07) is 7.32. The number of methoxy groups -OCH3 is 1. The molecule has 7 heteroatoms. The summed E-state index contributed by atoms with van der Waals surface area (Å²) in [6.07, 6.45) is 0. The lowest BCUT2D eigenvalue weighted by Gasteiger charge is -2.11. The number of para-hydroxylation sites is 2. The van der Waals surface area contributed by atoms with Crippen molar-refractivity contribution in [3.63, 3.8) is 0 Å². The Morgan fingerprint density at radius 3 is 2.63 bits per heavy atom. The number of likely N-dealkylation sites (N-methyl/N-ethyl adjacent to an activating group) is 1. The number of hydrogen-bond acceptors (Lipinski definition) is 3. The average molecular weight is 378 g/mol. The summed E-state index contributed by atoms with van der Waals surface area (Å²) in [6.45, 7) is 0.0149. The first-order valence-electron chi connectivity index (χ1n) is 5.44. The Morgan fingerprint density at radius 2 is 2.05 bits per heavy atom. The van der Waals surface area contributed by atoms with Gasteiger partial charge in [-0.25, -0.2) is 4.99 Å². The molecule has 0 heterocycles. The third kappa shape index (κ3) is 5.77. The predicted molar refractivity (Wildman–Crippen MR) is 87.2 cm³/mol. The molecule has 0 aliphatic rings. The summed E-state index contributed by atoms with van der Waals surface area (Å²) < 4.78 is 5.16. The second kappa shape index (κ2) is 8.57. The maximum atomic E-state index is 11.3. The van der Waals surface area contributed by atoms with E-state index in [-0.39, 0.29) is 42.4 Å². The number of aliphatic imine (C=N–C) groups is 1. The zero-order valence-corrected chi connectivity index (χ0v) is 13.5. The molecule has 0 saturated heterocycles. The molecule has 1 rings (SSSR count). The Balaban J connectivity index is 0.00000324. The number of amides is 1. The Hall–Kier alpha value is -1.51. The number of benzene rings is 1. The first-order valence-corrected chi connectivity index (χ1v) is 5.44. The van der Waals surface area contributed by atoms with Gasteiger partial charge in [-0.1, -0.05) is 12.1 Å². The van der Waals surface area contributed by atoms with Crippen LogP contribution in [-0.2, 0) is 4.79 Å². The molecule has 0 radical (unpaired) electrons. The molecule has 0 aliphatic heterocycles. The van der Waals surface area contributed by atoms with Gasteiger partial charge < -0.3 is 20.7 Å².